The number of carbonyl (C=O) groups excluding carboxylic acids is 1. The van der Waals surface area contributed by atoms with Crippen molar-refractivity contribution in [3.63, 3.8) is 0 Å². The van der Waals surface area contributed by atoms with Crippen LogP contribution in [0, 0.1) is 5.92 Å². The Kier molecular flexibility index (Phi) is 13.0. The topological polar surface area (TPSA) is 44.8 Å². The number of hydrogen-bond acceptors (Lipinski definition) is 4. The molecule has 210 valence electrons. The van der Waals surface area contributed by atoms with Gasteiger partial charge in [0.1, 0.15) is 17.6 Å². The van der Waals surface area contributed by atoms with Crippen molar-refractivity contribution in [2.24, 2.45) is 5.92 Å². The van der Waals surface area contributed by atoms with E-state index in [9.17, 15) is 9.18 Å². The first-order chi connectivity index (χ1) is 18.5. The normalized spacial score (nSPS) is 18.9. The molecule has 0 N–H and O–H groups in total. The first-order valence-electron chi connectivity index (χ1n) is 14.8. The second-order valence-corrected chi connectivity index (χ2v) is 10.8. The molecule has 1 aliphatic rings. The fourth-order valence-electron chi connectivity index (χ4n) is 4.99. The van der Waals surface area contributed by atoms with Gasteiger partial charge in [-0.25, -0.2) is 9.18 Å². The van der Waals surface area contributed by atoms with Crippen LogP contribution in [0.15, 0.2) is 48.5 Å². The molecule has 0 spiro atoms. The third kappa shape index (κ3) is 10.3. The molecule has 0 bridgehead atoms. The Balaban J connectivity index is 1.37. The SMILES string of the molecule is CCCCCC[C@H](C)Oc1ccc(-c2ccc(OCC3CCC(OC(=O)[C@H](F)CCCC)CC3)cc2)cc1. The van der Waals surface area contributed by atoms with Crippen LogP contribution in [0.4, 0.5) is 4.39 Å². The minimum atomic E-state index is -1.49. The summed E-state index contributed by atoms with van der Waals surface area (Å²) in [6.45, 7) is 7.01. The lowest BCUT2D eigenvalue weighted by Gasteiger charge is -2.28. The zero-order valence-corrected chi connectivity index (χ0v) is 23.6. The summed E-state index contributed by atoms with van der Waals surface area (Å²) in [7, 11) is 0. The summed E-state index contributed by atoms with van der Waals surface area (Å²) in [4.78, 5) is 11.9. The van der Waals surface area contributed by atoms with Gasteiger partial charge < -0.3 is 14.2 Å². The van der Waals surface area contributed by atoms with E-state index in [-0.39, 0.29) is 18.6 Å². The van der Waals surface area contributed by atoms with Crippen LogP contribution in [0.5, 0.6) is 11.5 Å². The number of carbonyl (C=O) groups is 1. The molecule has 1 aliphatic carbocycles. The second-order valence-electron chi connectivity index (χ2n) is 10.8. The summed E-state index contributed by atoms with van der Waals surface area (Å²) in [5, 5.41) is 0. The fourth-order valence-corrected chi connectivity index (χ4v) is 4.99. The molecule has 0 saturated heterocycles. The molecule has 38 heavy (non-hydrogen) atoms. The largest absolute Gasteiger partial charge is 0.493 e. The highest BCUT2D eigenvalue weighted by Gasteiger charge is 2.27. The standard InChI is InChI=1S/C33H47FO4/c1-4-6-8-9-10-25(3)37-30-22-16-28(17-23-30)27-14-20-29(21-15-27)36-24-26-12-18-31(19-13-26)38-33(35)32(34)11-7-5-2/h14-17,20-23,25-26,31-32H,4-13,18-19,24H2,1-3H3/t25-,26?,31?,32+/m0/s1. The lowest BCUT2D eigenvalue weighted by Crippen LogP contribution is -2.30. The molecule has 2 aromatic carbocycles. The number of hydrogen-bond donors (Lipinski definition) is 0. The van der Waals surface area contributed by atoms with Crippen molar-refractivity contribution in [1.29, 1.82) is 0 Å². The van der Waals surface area contributed by atoms with Gasteiger partial charge in [0.15, 0.2) is 6.17 Å². The Morgan fingerprint density at radius 1 is 0.816 bits per heavy atom. The van der Waals surface area contributed by atoms with Crippen molar-refractivity contribution in [2.45, 2.75) is 116 Å². The minimum absolute atomic E-state index is 0.163. The van der Waals surface area contributed by atoms with E-state index in [1.165, 1.54) is 25.7 Å². The van der Waals surface area contributed by atoms with Gasteiger partial charge in [-0.05, 0) is 93.2 Å². The van der Waals surface area contributed by atoms with Crippen molar-refractivity contribution in [1.82, 2.24) is 0 Å². The highest BCUT2D eigenvalue weighted by Crippen LogP contribution is 2.29. The number of benzene rings is 2. The highest BCUT2D eigenvalue weighted by atomic mass is 19.1. The highest BCUT2D eigenvalue weighted by molar-refractivity contribution is 5.74. The summed E-state index contributed by atoms with van der Waals surface area (Å²) >= 11 is 0. The Morgan fingerprint density at radius 3 is 2.03 bits per heavy atom. The zero-order chi connectivity index (χ0) is 27.2. The van der Waals surface area contributed by atoms with Crippen molar-refractivity contribution in [3.8, 4) is 22.6 Å². The maximum absolute atomic E-state index is 13.9. The third-order valence-corrected chi connectivity index (χ3v) is 7.47. The van der Waals surface area contributed by atoms with Gasteiger partial charge in [0.2, 0.25) is 0 Å². The Labute approximate surface area is 229 Å². The number of ether oxygens (including phenoxy) is 3. The summed E-state index contributed by atoms with van der Waals surface area (Å²) < 4.78 is 31.4. The fraction of sp³-hybridized carbons (Fsp3) is 0.606. The lowest BCUT2D eigenvalue weighted by atomic mass is 9.88. The van der Waals surface area contributed by atoms with Crippen molar-refractivity contribution < 1.29 is 23.4 Å². The van der Waals surface area contributed by atoms with Crippen molar-refractivity contribution in [2.75, 3.05) is 6.61 Å². The van der Waals surface area contributed by atoms with Gasteiger partial charge in [-0.15, -0.1) is 0 Å². The van der Waals surface area contributed by atoms with Crippen molar-refractivity contribution >= 4 is 5.97 Å². The van der Waals surface area contributed by atoms with E-state index in [2.05, 4.69) is 50.2 Å². The monoisotopic (exact) mass is 526 g/mol. The van der Waals surface area contributed by atoms with Gasteiger partial charge in [0.25, 0.3) is 0 Å². The number of alkyl halides is 1. The van der Waals surface area contributed by atoms with E-state index >= 15 is 0 Å². The van der Waals surface area contributed by atoms with Crippen LogP contribution in [-0.2, 0) is 9.53 Å². The predicted molar refractivity (Wildman–Crippen MR) is 152 cm³/mol. The number of esters is 1. The number of halogens is 1. The molecule has 2 atom stereocenters. The van der Waals surface area contributed by atoms with Crippen LogP contribution >= 0.6 is 0 Å². The Bertz CT molecular complexity index is 919. The van der Waals surface area contributed by atoms with E-state index in [1.807, 2.05) is 19.1 Å². The molecule has 1 fully saturated rings. The second kappa shape index (κ2) is 16.4. The average molecular weight is 527 g/mol. The molecule has 0 aliphatic heterocycles. The van der Waals surface area contributed by atoms with Gasteiger partial charge in [-0.1, -0.05) is 70.2 Å². The van der Waals surface area contributed by atoms with Crippen LogP contribution < -0.4 is 9.47 Å². The maximum Gasteiger partial charge on any atom is 0.340 e. The number of unbranched alkanes of at least 4 members (excludes halogenated alkanes) is 4. The number of rotatable bonds is 16. The molecule has 0 radical (unpaired) electrons. The molecular weight excluding hydrogens is 479 g/mol. The van der Waals surface area contributed by atoms with Crippen molar-refractivity contribution in [3.05, 3.63) is 48.5 Å². The molecule has 0 aromatic heterocycles. The van der Waals surface area contributed by atoms with E-state index in [4.69, 9.17) is 14.2 Å². The van der Waals surface area contributed by atoms with Crippen LogP contribution in [0.3, 0.4) is 0 Å². The maximum atomic E-state index is 13.9. The first-order valence-corrected chi connectivity index (χ1v) is 14.8. The summed E-state index contributed by atoms with van der Waals surface area (Å²) in [6, 6.07) is 16.5. The lowest BCUT2D eigenvalue weighted by molar-refractivity contribution is -0.157. The summed E-state index contributed by atoms with van der Waals surface area (Å²) in [5.74, 6) is 1.51. The zero-order valence-electron chi connectivity index (χ0n) is 23.6. The van der Waals surface area contributed by atoms with E-state index < -0.39 is 12.1 Å². The quantitative estimate of drug-likeness (QED) is 0.162. The summed E-state index contributed by atoms with van der Waals surface area (Å²) in [5.41, 5.74) is 2.29. The van der Waals surface area contributed by atoms with E-state index in [1.54, 1.807) is 0 Å². The Hall–Kier alpha value is -2.56. The first kappa shape index (κ1) is 30.0. The molecule has 1 saturated carbocycles. The Morgan fingerprint density at radius 2 is 1.42 bits per heavy atom. The third-order valence-electron chi connectivity index (χ3n) is 7.47. The molecule has 0 unspecified atom stereocenters. The van der Waals surface area contributed by atoms with Gasteiger partial charge in [-0.2, -0.15) is 0 Å². The molecule has 3 rings (SSSR count). The molecule has 5 heteroatoms. The summed E-state index contributed by atoms with van der Waals surface area (Å²) in [6.07, 6.45) is 9.98. The van der Waals surface area contributed by atoms with Crippen LogP contribution in [0.25, 0.3) is 11.1 Å². The molecule has 0 heterocycles. The smallest absolute Gasteiger partial charge is 0.340 e. The van der Waals surface area contributed by atoms with Gasteiger partial charge in [0.05, 0.1) is 12.7 Å². The van der Waals surface area contributed by atoms with E-state index in [0.29, 0.717) is 18.9 Å². The van der Waals surface area contributed by atoms with Gasteiger partial charge >= 0.3 is 5.97 Å². The van der Waals surface area contributed by atoms with Gasteiger partial charge in [-0.3, -0.25) is 0 Å². The molecule has 2 aromatic rings. The molecule has 0 amide bonds. The van der Waals surface area contributed by atoms with Crippen LogP contribution in [0.1, 0.15) is 97.8 Å². The van der Waals surface area contributed by atoms with Gasteiger partial charge in [0, 0.05) is 0 Å². The predicted octanol–water partition coefficient (Wildman–Crippen LogP) is 9.10. The molecule has 4 nitrogen and oxygen atoms in total. The van der Waals surface area contributed by atoms with Crippen LogP contribution in [-0.4, -0.2) is 31.0 Å². The molecular formula is C33H47FO4. The van der Waals surface area contributed by atoms with E-state index in [0.717, 1.165) is 61.2 Å². The minimum Gasteiger partial charge on any atom is -0.493 e. The average Bonchev–Trinajstić information content (AvgIpc) is 2.94. The van der Waals surface area contributed by atoms with Crippen LogP contribution in [0.2, 0.25) is 0 Å².